The Kier molecular flexibility index (Phi) is 8.70. The molecule has 0 saturated carbocycles. The first-order chi connectivity index (χ1) is 12.2. The quantitative estimate of drug-likeness (QED) is 0.565. The molecule has 0 saturated heterocycles. The van der Waals surface area contributed by atoms with Crippen LogP contribution in [0.15, 0.2) is 53.0 Å². The number of amides is 1. The Labute approximate surface area is 158 Å². The molecule has 2 rings (SSSR count). The fourth-order valence-corrected chi connectivity index (χ4v) is 2.90. The normalized spacial score (nSPS) is 10.6. The molecule has 134 valence electrons. The number of halogens is 1. The van der Waals surface area contributed by atoms with Crippen LogP contribution in [0.25, 0.3) is 0 Å². The fourth-order valence-electron chi connectivity index (χ4n) is 2.63. The predicted octanol–water partition coefficient (Wildman–Crippen LogP) is 5.01. The van der Waals surface area contributed by atoms with Crippen molar-refractivity contribution in [1.29, 1.82) is 0 Å². The Morgan fingerprint density at radius 3 is 2.48 bits per heavy atom. The molecule has 0 heterocycles. The van der Waals surface area contributed by atoms with E-state index in [0.29, 0.717) is 26.2 Å². The van der Waals surface area contributed by atoms with Crippen LogP contribution in [-0.2, 0) is 29.1 Å². The van der Waals surface area contributed by atoms with E-state index in [1.54, 1.807) is 0 Å². The first kappa shape index (κ1) is 19.7. The summed E-state index contributed by atoms with van der Waals surface area (Å²) in [5, 5.41) is 3.02. The third kappa shape index (κ3) is 7.41. The van der Waals surface area contributed by atoms with E-state index in [4.69, 9.17) is 4.74 Å². The third-order valence-electron chi connectivity index (χ3n) is 4.09. The Morgan fingerprint density at radius 2 is 1.76 bits per heavy atom. The van der Waals surface area contributed by atoms with Gasteiger partial charge in [0.05, 0.1) is 6.61 Å². The molecular formula is C21H26BrNO2. The van der Waals surface area contributed by atoms with E-state index in [1.807, 2.05) is 25.1 Å². The minimum Gasteiger partial charge on any atom is -0.377 e. The van der Waals surface area contributed by atoms with E-state index in [2.05, 4.69) is 51.6 Å². The molecule has 0 fully saturated rings. The average molecular weight is 404 g/mol. The number of aryl methyl sites for hydroxylation is 1. The molecule has 3 nitrogen and oxygen atoms in total. The zero-order valence-electron chi connectivity index (χ0n) is 14.8. The number of unbranched alkanes of at least 4 members (excludes halogenated alkanes) is 1. The Morgan fingerprint density at radius 1 is 1.04 bits per heavy atom. The second kappa shape index (κ2) is 11.1. The maximum Gasteiger partial charge on any atom is 0.220 e. The summed E-state index contributed by atoms with van der Waals surface area (Å²) in [6.45, 7) is 3.84. The third-order valence-corrected chi connectivity index (χ3v) is 4.62. The lowest BCUT2D eigenvalue weighted by Crippen LogP contribution is -2.23. The second-order valence-corrected chi connectivity index (χ2v) is 6.93. The molecule has 4 heteroatoms. The molecule has 1 N–H and O–H groups in total. The molecule has 2 aromatic carbocycles. The van der Waals surface area contributed by atoms with Crippen molar-refractivity contribution in [3.63, 3.8) is 0 Å². The molecule has 0 atom stereocenters. The van der Waals surface area contributed by atoms with E-state index < -0.39 is 0 Å². The van der Waals surface area contributed by atoms with Gasteiger partial charge >= 0.3 is 0 Å². The topological polar surface area (TPSA) is 38.3 Å². The molecule has 0 spiro atoms. The number of hydrogen-bond acceptors (Lipinski definition) is 2. The van der Waals surface area contributed by atoms with Gasteiger partial charge in [-0.1, -0.05) is 52.3 Å². The number of rotatable bonds is 10. The maximum absolute atomic E-state index is 12.0. The van der Waals surface area contributed by atoms with Crippen molar-refractivity contribution in [2.45, 2.75) is 45.8 Å². The van der Waals surface area contributed by atoms with Gasteiger partial charge in [0, 0.05) is 24.0 Å². The van der Waals surface area contributed by atoms with Crippen molar-refractivity contribution < 1.29 is 9.53 Å². The molecule has 1 amide bonds. The number of hydrogen-bond donors (Lipinski definition) is 1. The molecule has 0 bridgehead atoms. The summed E-state index contributed by atoms with van der Waals surface area (Å²) in [5.41, 5.74) is 3.58. The van der Waals surface area contributed by atoms with Crippen LogP contribution in [0, 0.1) is 0 Å². The van der Waals surface area contributed by atoms with E-state index in [9.17, 15) is 4.79 Å². The molecule has 0 unspecified atom stereocenters. The van der Waals surface area contributed by atoms with Crippen molar-refractivity contribution in [2.24, 2.45) is 0 Å². The zero-order valence-corrected chi connectivity index (χ0v) is 16.3. The highest BCUT2D eigenvalue weighted by Crippen LogP contribution is 2.13. The van der Waals surface area contributed by atoms with Gasteiger partial charge in [-0.15, -0.1) is 0 Å². The molecule has 0 aliphatic heterocycles. The lowest BCUT2D eigenvalue weighted by atomic mass is 10.1. The van der Waals surface area contributed by atoms with Crippen molar-refractivity contribution in [2.75, 3.05) is 6.61 Å². The van der Waals surface area contributed by atoms with Crippen LogP contribution < -0.4 is 5.32 Å². The Balaban J connectivity index is 1.68. The Bertz CT molecular complexity index is 655. The van der Waals surface area contributed by atoms with E-state index in [1.165, 1.54) is 5.56 Å². The van der Waals surface area contributed by atoms with Crippen LogP contribution in [-0.4, -0.2) is 12.5 Å². The van der Waals surface area contributed by atoms with Gasteiger partial charge in [0.1, 0.15) is 0 Å². The highest BCUT2D eigenvalue weighted by atomic mass is 79.9. The lowest BCUT2D eigenvalue weighted by molar-refractivity contribution is -0.121. The second-order valence-electron chi connectivity index (χ2n) is 6.02. The zero-order chi connectivity index (χ0) is 17.9. The van der Waals surface area contributed by atoms with Crippen LogP contribution in [0.1, 0.15) is 42.9 Å². The maximum atomic E-state index is 12.0. The van der Waals surface area contributed by atoms with Gasteiger partial charge in [-0.2, -0.15) is 0 Å². The van der Waals surface area contributed by atoms with Crippen LogP contribution in [0.5, 0.6) is 0 Å². The summed E-state index contributed by atoms with van der Waals surface area (Å²) < 4.78 is 6.58. The van der Waals surface area contributed by atoms with Gasteiger partial charge in [-0.05, 0) is 55.0 Å². The van der Waals surface area contributed by atoms with Crippen LogP contribution in [0.3, 0.4) is 0 Å². The van der Waals surface area contributed by atoms with Gasteiger partial charge in [0.15, 0.2) is 0 Å². The van der Waals surface area contributed by atoms with Crippen LogP contribution >= 0.6 is 15.9 Å². The summed E-state index contributed by atoms with van der Waals surface area (Å²) in [4.78, 5) is 12.0. The number of carbonyl (C=O) groups is 1. The summed E-state index contributed by atoms with van der Waals surface area (Å²) in [5.74, 6) is 0.113. The van der Waals surface area contributed by atoms with Crippen molar-refractivity contribution in [1.82, 2.24) is 5.32 Å². The van der Waals surface area contributed by atoms with Crippen molar-refractivity contribution in [3.8, 4) is 0 Å². The monoisotopic (exact) mass is 403 g/mol. The summed E-state index contributed by atoms with van der Waals surface area (Å²) in [7, 11) is 0. The number of carbonyl (C=O) groups excluding carboxylic acids is 1. The lowest BCUT2D eigenvalue weighted by Gasteiger charge is -2.11. The van der Waals surface area contributed by atoms with Crippen molar-refractivity contribution >= 4 is 21.8 Å². The standard InChI is InChI=1S/C21H26BrNO2/c1-2-25-16-19-9-5-4-8-18(19)15-23-21(24)10-6-3-7-17-11-13-20(22)14-12-17/h4-5,8-9,11-14H,2-3,6-7,10,15-16H2,1H3,(H,23,24). The van der Waals surface area contributed by atoms with Crippen LogP contribution in [0.4, 0.5) is 0 Å². The summed E-state index contributed by atoms with van der Waals surface area (Å²) >= 11 is 3.44. The van der Waals surface area contributed by atoms with Gasteiger partial charge < -0.3 is 10.1 Å². The first-order valence-electron chi connectivity index (χ1n) is 8.84. The number of nitrogens with one attached hydrogen (secondary N) is 1. The van der Waals surface area contributed by atoms with E-state index in [-0.39, 0.29) is 5.91 Å². The number of ether oxygens (including phenoxy) is 1. The molecule has 0 aliphatic rings. The van der Waals surface area contributed by atoms with Gasteiger partial charge in [0.2, 0.25) is 5.91 Å². The van der Waals surface area contributed by atoms with Crippen molar-refractivity contribution in [3.05, 3.63) is 69.7 Å². The average Bonchev–Trinajstić information content (AvgIpc) is 2.64. The van der Waals surface area contributed by atoms with Gasteiger partial charge in [-0.3, -0.25) is 4.79 Å². The van der Waals surface area contributed by atoms with E-state index >= 15 is 0 Å². The van der Waals surface area contributed by atoms with Crippen LogP contribution in [0.2, 0.25) is 0 Å². The summed E-state index contributed by atoms with van der Waals surface area (Å²) in [6.07, 6.45) is 3.51. The Hall–Kier alpha value is -1.65. The largest absolute Gasteiger partial charge is 0.377 e. The minimum atomic E-state index is 0.113. The number of benzene rings is 2. The molecular weight excluding hydrogens is 378 g/mol. The minimum absolute atomic E-state index is 0.113. The fraction of sp³-hybridized carbons (Fsp3) is 0.381. The smallest absolute Gasteiger partial charge is 0.220 e. The molecule has 25 heavy (non-hydrogen) atoms. The molecule has 0 radical (unpaired) electrons. The molecule has 2 aromatic rings. The highest BCUT2D eigenvalue weighted by molar-refractivity contribution is 9.10. The van der Waals surface area contributed by atoms with Gasteiger partial charge in [-0.25, -0.2) is 0 Å². The molecule has 0 aromatic heterocycles. The summed E-state index contributed by atoms with van der Waals surface area (Å²) in [6, 6.07) is 16.5. The van der Waals surface area contributed by atoms with Gasteiger partial charge in [0.25, 0.3) is 0 Å². The van der Waals surface area contributed by atoms with E-state index in [0.717, 1.165) is 34.9 Å². The first-order valence-corrected chi connectivity index (χ1v) is 9.64. The highest BCUT2D eigenvalue weighted by Gasteiger charge is 2.05. The predicted molar refractivity (Wildman–Crippen MR) is 105 cm³/mol. The molecule has 0 aliphatic carbocycles. The SMILES string of the molecule is CCOCc1ccccc1CNC(=O)CCCCc1ccc(Br)cc1.